The van der Waals surface area contributed by atoms with Crippen LogP contribution in [0.25, 0.3) is 11.2 Å². The van der Waals surface area contributed by atoms with Crippen LogP contribution in [0.4, 0.5) is 19.4 Å². The molecule has 11 heteroatoms. The lowest BCUT2D eigenvalue weighted by Crippen LogP contribution is -2.53. The van der Waals surface area contributed by atoms with Gasteiger partial charge in [-0.1, -0.05) is 60.7 Å². The molecule has 1 fully saturated rings. The maximum atomic E-state index is 15.5. The number of nitrogens with one attached hydrogen (secondary N) is 1. The maximum Gasteiger partial charge on any atom is 0.410 e. The average molecular weight is 551 g/mol. The number of fused-ring (bicyclic) bond motifs is 1. The fourth-order valence-electron chi connectivity index (χ4n) is 5.00. The Labute approximate surface area is 230 Å². The summed E-state index contributed by atoms with van der Waals surface area (Å²) in [5, 5.41) is 0. The number of amides is 1. The van der Waals surface area contributed by atoms with Crippen LogP contribution in [0, 0.1) is 0 Å². The second kappa shape index (κ2) is 10.7. The Balaban J connectivity index is 1.50. The monoisotopic (exact) mass is 550 g/mol. The minimum absolute atomic E-state index is 0.0142. The van der Waals surface area contributed by atoms with E-state index in [-0.39, 0.29) is 24.1 Å². The molecule has 2 aromatic heterocycles. The zero-order valence-electron chi connectivity index (χ0n) is 22.7. The molecule has 4 aromatic rings. The molecule has 0 saturated carbocycles. The smallest absolute Gasteiger partial charge is 0.410 e. The van der Waals surface area contributed by atoms with Gasteiger partial charge in [-0.15, -0.1) is 0 Å². The number of rotatable bonds is 6. The fraction of sp³-hybridized carbons (Fsp3) is 0.379. The molecule has 9 nitrogen and oxygen atoms in total. The number of anilines is 1. The van der Waals surface area contributed by atoms with Crippen molar-refractivity contribution < 1.29 is 18.3 Å². The number of alkyl halides is 2. The van der Waals surface area contributed by atoms with Gasteiger partial charge >= 0.3 is 11.8 Å². The van der Waals surface area contributed by atoms with Crippen LogP contribution >= 0.6 is 0 Å². The minimum atomic E-state index is -3.40. The average Bonchev–Trinajstić information content (AvgIpc) is 3.23. The lowest BCUT2D eigenvalue weighted by molar-refractivity contribution is -0.103. The Kier molecular flexibility index (Phi) is 7.31. The number of likely N-dealkylation sites (tertiary alicyclic amines) is 1. The third-order valence-electron chi connectivity index (χ3n) is 6.74. The molecule has 1 N–H and O–H groups in total. The molecule has 1 atom stereocenters. The summed E-state index contributed by atoms with van der Waals surface area (Å²) in [5.41, 5.74) is 0.907. The highest BCUT2D eigenvalue weighted by Gasteiger charge is 2.49. The van der Waals surface area contributed by atoms with Gasteiger partial charge in [-0.3, -0.25) is 4.57 Å². The van der Waals surface area contributed by atoms with Crippen molar-refractivity contribution in [1.82, 2.24) is 24.4 Å². The Hall–Kier alpha value is -4.28. The van der Waals surface area contributed by atoms with Crippen molar-refractivity contribution in [3.05, 3.63) is 88.6 Å². The molecule has 2 aromatic carbocycles. The first-order chi connectivity index (χ1) is 19.0. The van der Waals surface area contributed by atoms with Crippen molar-refractivity contribution in [3.8, 4) is 0 Å². The number of aromatic amines is 1. The number of aromatic nitrogens is 4. The SMILES string of the molecule is CC(C)(C)OC(=O)N1CC[C@@H](n2c(=O)[nH]c3c(N(Cc4ccccc4)Cc4ccccc4)ncnc32)C(F)(F)C1. The summed E-state index contributed by atoms with van der Waals surface area (Å²) in [6.07, 6.45) is 0.341. The van der Waals surface area contributed by atoms with Crippen LogP contribution < -0.4 is 10.6 Å². The Morgan fingerprint density at radius 2 is 1.65 bits per heavy atom. The maximum absolute atomic E-state index is 15.5. The van der Waals surface area contributed by atoms with Crippen molar-refractivity contribution in [2.45, 2.75) is 57.8 Å². The minimum Gasteiger partial charge on any atom is -0.444 e. The van der Waals surface area contributed by atoms with Crippen LogP contribution in [0.3, 0.4) is 0 Å². The van der Waals surface area contributed by atoms with E-state index < -0.39 is 35.9 Å². The van der Waals surface area contributed by atoms with E-state index in [1.54, 1.807) is 20.8 Å². The van der Waals surface area contributed by atoms with E-state index >= 15 is 8.78 Å². The van der Waals surface area contributed by atoms with Crippen molar-refractivity contribution >= 4 is 23.1 Å². The first-order valence-corrected chi connectivity index (χ1v) is 13.2. The quantitative estimate of drug-likeness (QED) is 0.357. The largest absolute Gasteiger partial charge is 0.444 e. The van der Waals surface area contributed by atoms with Crippen molar-refractivity contribution in [1.29, 1.82) is 0 Å². The van der Waals surface area contributed by atoms with E-state index in [9.17, 15) is 9.59 Å². The van der Waals surface area contributed by atoms with Crippen LogP contribution in [-0.2, 0) is 17.8 Å². The number of benzene rings is 2. The number of H-pyrrole nitrogens is 1. The highest BCUT2D eigenvalue weighted by Crippen LogP contribution is 2.38. The summed E-state index contributed by atoms with van der Waals surface area (Å²) in [5.74, 6) is -2.96. The highest BCUT2D eigenvalue weighted by molar-refractivity contribution is 5.83. The molecule has 1 aliphatic heterocycles. The standard InChI is InChI=1S/C29H32F2N6O3/c1-28(2,3)40-27(39)35-15-14-22(29(30,31)18-35)37-25-23(34-26(37)38)24(32-19-33-25)36(16-20-10-6-4-7-11-20)17-21-12-8-5-9-13-21/h4-13,19,22H,14-18H2,1-3H3,(H,34,38)/t22-/m1/s1. The van der Waals surface area contributed by atoms with Crippen LogP contribution in [0.5, 0.6) is 0 Å². The lowest BCUT2D eigenvalue weighted by Gasteiger charge is -2.38. The molecule has 0 aliphatic carbocycles. The second-order valence-electron chi connectivity index (χ2n) is 11.0. The Bertz CT molecular complexity index is 1490. The van der Waals surface area contributed by atoms with Gasteiger partial charge in [0, 0.05) is 19.6 Å². The zero-order chi connectivity index (χ0) is 28.5. The molecule has 1 aliphatic rings. The van der Waals surface area contributed by atoms with Crippen LogP contribution in [0.2, 0.25) is 0 Å². The molecule has 0 bridgehead atoms. The number of hydrogen-bond acceptors (Lipinski definition) is 6. The topological polar surface area (TPSA) is 96.3 Å². The number of carbonyl (C=O) groups excluding carboxylic acids is 1. The second-order valence-corrected chi connectivity index (χ2v) is 11.0. The number of carbonyl (C=O) groups is 1. The summed E-state index contributed by atoms with van der Waals surface area (Å²) in [6, 6.07) is 18.1. The first kappa shape index (κ1) is 27.3. The molecular formula is C29H32F2N6O3. The zero-order valence-corrected chi connectivity index (χ0v) is 22.7. The van der Waals surface area contributed by atoms with Gasteiger partial charge in [0.2, 0.25) is 0 Å². The van der Waals surface area contributed by atoms with Gasteiger partial charge in [0.1, 0.15) is 23.5 Å². The predicted molar refractivity (Wildman–Crippen MR) is 147 cm³/mol. The number of piperidine rings is 1. The molecule has 1 saturated heterocycles. The van der Waals surface area contributed by atoms with E-state index in [1.165, 1.54) is 6.33 Å². The summed E-state index contributed by atoms with van der Waals surface area (Å²) < 4.78 is 37.4. The van der Waals surface area contributed by atoms with Gasteiger partial charge in [-0.05, 0) is 38.3 Å². The van der Waals surface area contributed by atoms with Gasteiger partial charge in [0.05, 0.1) is 6.54 Å². The number of halogens is 2. The number of imidazole rings is 1. The molecule has 1 amide bonds. The molecular weight excluding hydrogens is 518 g/mol. The van der Waals surface area contributed by atoms with E-state index in [4.69, 9.17) is 4.74 Å². The fourth-order valence-corrected chi connectivity index (χ4v) is 5.00. The van der Waals surface area contributed by atoms with E-state index in [0.29, 0.717) is 18.9 Å². The lowest BCUT2D eigenvalue weighted by atomic mass is 10.0. The highest BCUT2D eigenvalue weighted by atomic mass is 19.3. The molecule has 210 valence electrons. The van der Waals surface area contributed by atoms with Gasteiger partial charge in [0.15, 0.2) is 11.5 Å². The number of ether oxygens (including phenoxy) is 1. The predicted octanol–water partition coefficient (Wildman–Crippen LogP) is 5.14. The van der Waals surface area contributed by atoms with Crippen LogP contribution in [0.1, 0.15) is 44.4 Å². The number of nitrogens with zero attached hydrogens (tertiary/aromatic N) is 5. The Morgan fingerprint density at radius 1 is 1.05 bits per heavy atom. The summed E-state index contributed by atoms with van der Waals surface area (Å²) in [6.45, 7) is 5.13. The van der Waals surface area contributed by atoms with Crippen LogP contribution in [-0.4, -0.2) is 55.1 Å². The summed E-state index contributed by atoms with van der Waals surface area (Å²) in [7, 11) is 0. The third kappa shape index (κ3) is 5.83. The molecule has 3 heterocycles. The van der Waals surface area contributed by atoms with Gasteiger partial charge < -0.3 is 19.5 Å². The number of hydrogen-bond donors (Lipinski definition) is 1. The van der Waals surface area contributed by atoms with Gasteiger partial charge in [-0.25, -0.2) is 28.3 Å². The molecule has 5 rings (SSSR count). The van der Waals surface area contributed by atoms with Crippen molar-refractivity contribution in [3.63, 3.8) is 0 Å². The normalized spacial score (nSPS) is 17.1. The molecule has 40 heavy (non-hydrogen) atoms. The molecule has 0 unspecified atom stereocenters. The van der Waals surface area contributed by atoms with E-state index in [0.717, 1.165) is 20.6 Å². The van der Waals surface area contributed by atoms with Gasteiger partial charge in [0.25, 0.3) is 5.92 Å². The Morgan fingerprint density at radius 3 is 2.20 bits per heavy atom. The van der Waals surface area contributed by atoms with Crippen molar-refractivity contribution in [2.24, 2.45) is 0 Å². The molecule has 0 spiro atoms. The summed E-state index contributed by atoms with van der Waals surface area (Å²) in [4.78, 5) is 40.1. The van der Waals surface area contributed by atoms with E-state index in [2.05, 4.69) is 15.0 Å². The summed E-state index contributed by atoms with van der Waals surface area (Å²) >= 11 is 0. The third-order valence-corrected chi connectivity index (χ3v) is 6.74. The first-order valence-electron chi connectivity index (χ1n) is 13.2. The van der Waals surface area contributed by atoms with Gasteiger partial charge in [-0.2, -0.15) is 0 Å². The van der Waals surface area contributed by atoms with Crippen LogP contribution in [0.15, 0.2) is 71.8 Å². The van der Waals surface area contributed by atoms with Crippen molar-refractivity contribution in [2.75, 3.05) is 18.0 Å². The van der Waals surface area contributed by atoms with E-state index in [1.807, 2.05) is 65.6 Å². The molecule has 0 radical (unpaired) electrons.